The van der Waals surface area contributed by atoms with E-state index in [1.54, 1.807) is 11.1 Å². The third-order valence-electron chi connectivity index (χ3n) is 2.14. The van der Waals surface area contributed by atoms with E-state index >= 15 is 0 Å². The standard InChI is InChI=1S/C11H19BrN4.2C2H6/c1-11(2,3)6-16(15)8-5-4-7(13)9(12)10(8)14;2*1-2/h4-5H,6,13-15H2,1-3H3;2*1-2H3. The van der Waals surface area contributed by atoms with Gasteiger partial charge in [0.25, 0.3) is 0 Å². The molecule has 0 radical (unpaired) electrons. The maximum absolute atomic E-state index is 5.99. The van der Waals surface area contributed by atoms with Crippen molar-refractivity contribution in [1.29, 1.82) is 0 Å². The average molecular weight is 347 g/mol. The van der Waals surface area contributed by atoms with Crippen LogP contribution in [0, 0.1) is 5.41 Å². The van der Waals surface area contributed by atoms with Gasteiger partial charge in [0.15, 0.2) is 0 Å². The first-order valence-electron chi connectivity index (χ1n) is 7.08. The van der Waals surface area contributed by atoms with Crippen LogP contribution in [0.4, 0.5) is 17.1 Å². The smallest absolute Gasteiger partial charge is 0.0759 e. The van der Waals surface area contributed by atoms with Crippen molar-refractivity contribution in [1.82, 2.24) is 0 Å². The molecule has 6 N–H and O–H groups in total. The number of hydrogen-bond acceptors (Lipinski definition) is 4. The zero-order valence-corrected chi connectivity index (χ0v) is 15.5. The van der Waals surface area contributed by atoms with Crippen LogP contribution >= 0.6 is 15.9 Å². The molecule has 0 bridgehead atoms. The minimum atomic E-state index is 0.106. The predicted octanol–water partition coefficient (Wildman–Crippen LogP) is 4.39. The van der Waals surface area contributed by atoms with Crippen molar-refractivity contribution < 1.29 is 0 Å². The fraction of sp³-hybridized carbons (Fsp3) is 0.600. The van der Waals surface area contributed by atoms with Gasteiger partial charge in [-0.05, 0) is 33.5 Å². The van der Waals surface area contributed by atoms with Crippen molar-refractivity contribution in [3.8, 4) is 0 Å². The molecule has 0 spiro atoms. The number of anilines is 3. The number of rotatable bonds is 2. The Labute approximate surface area is 132 Å². The molecule has 0 aliphatic rings. The van der Waals surface area contributed by atoms with Gasteiger partial charge in [-0.3, -0.25) is 0 Å². The summed E-state index contributed by atoms with van der Waals surface area (Å²) >= 11 is 3.35. The number of halogens is 1. The van der Waals surface area contributed by atoms with Crippen molar-refractivity contribution >= 4 is 33.0 Å². The van der Waals surface area contributed by atoms with Crippen molar-refractivity contribution in [3.05, 3.63) is 16.6 Å². The van der Waals surface area contributed by atoms with E-state index < -0.39 is 0 Å². The topological polar surface area (TPSA) is 81.3 Å². The number of nitrogens with two attached hydrogens (primary N) is 3. The summed E-state index contributed by atoms with van der Waals surface area (Å²) in [6.45, 7) is 15.1. The molecule has 0 fully saturated rings. The second-order valence-electron chi connectivity index (χ2n) is 5.09. The third-order valence-corrected chi connectivity index (χ3v) is 3.03. The van der Waals surface area contributed by atoms with Gasteiger partial charge in [0.05, 0.1) is 15.8 Å². The van der Waals surface area contributed by atoms with Gasteiger partial charge >= 0.3 is 0 Å². The molecule has 0 aliphatic carbocycles. The molecular weight excluding hydrogens is 316 g/mol. The van der Waals surface area contributed by atoms with Crippen LogP contribution in [0.1, 0.15) is 48.5 Å². The summed E-state index contributed by atoms with van der Waals surface area (Å²) in [5.41, 5.74) is 13.8. The van der Waals surface area contributed by atoms with Gasteiger partial charge in [-0.25, -0.2) is 5.84 Å². The lowest BCUT2D eigenvalue weighted by Gasteiger charge is -2.28. The van der Waals surface area contributed by atoms with Gasteiger partial charge in [-0.1, -0.05) is 48.5 Å². The van der Waals surface area contributed by atoms with E-state index in [1.807, 2.05) is 33.8 Å². The highest BCUT2D eigenvalue weighted by Crippen LogP contribution is 2.34. The average Bonchev–Trinajstić information content (AvgIpc) is 2.38. The highest BCUT2D eigenvalue weighted by molar-refractivity contribution is 9.10. The van der Waals surface area contributed by atoms with Crippen molar-refractivity contribution in [2.75, 3.05) is 23.0 Å². The van der Waals surface area contributed by atoms with E-state index in [2.05, 4.69) is 36.7 Å². The van der Waals surface area contributed by atoms with E-state index in [0.717, 1.165) is 5.69 Å². The predicted molar refractivity (Wildman–Crippen MR) is 96.7 cm³/mol. The molecule has 0 atom stereocenters. The minimum Gasteiger partial charge on any atom is -0.398 e. The molecule has 0 saturated carbocycles. The molecule has 0 amide bonds. The Kier molecular flexibility index (Phi) is 10.6. The van der Waals surface area contributed by atoms with Gasteiger partial charge < -0.3 is 16.5 Å². The van der Waals surface area contributed by atoms with Crippen LogP contribution in [-0.2, 0) is 0 Å². The van der Waals surface area contributed by atoms with Crippen LogP contribution < -0.4 is 22.3 Å². The summed E-state index contributed by atoms with van der Waals surface area (Å²) in [5.74, 6) is 5.99. The molecule has 1 aromatic rings. The molecule has 118 valence electrons. The van der Waals surface area contributed by atoms with Gasteiger partial charge in [-0.15, -0.1) is 0 Å². The van der Waals surface area contributed by atoms with Crippen LogP contribution in [-0.4, -0.2) is 6.54 Å². The van der Waals surface area contributed by atoms with Gasteiger partial charge in [0.1, 0.15) is 0 Å². The van der Waals surface area contributed by atoms with E-state index in [-0.39, 0.29) is 5.41 Å². The molecule has 0 aliphatic heterocycles. The number of hydrogen-bond donors (Lipinski definition) is 3. The molecule has 0 saturated heterocycles. The fourth-order valence-corrected chi connectivity index (χ4v) is 1.78. The zero-order valence-electron chi connectivity index (χ0n) is 13.9. The van der Waals surface area contributed by atoms with E-state index in [0.29, 0.717) is 22.4 Å². The molecule has 5 heteroatoms. The van der Waals surface area contributed by atoms with Crippen LogP contribution in [0.2, 0.25) is 0 Å². The lowest BCUT2D eigenvalue weighted by molar-refractivity contribution is 0.412. The number of nitrogens with zero attached hydrogens (tertiary/aromatic N) is 1. The SMILES string of the molecule is CC.CC.CC(C)(C)CN(N)c1ccc(N)c(Br)c1N. The van der Waals surface area contributed by atoms with E-state index in [9.17, 15) is 0 Å². The summed E-state index contributed by atoms with van der Waals surface area (Å²) in [4.78, 5) is 0. The summed E-state index contributed by atoms with van der Waals surface area (Å²) in [6.07, 6.45) is 0. The summed E-state index contributed by atoms with van der Waals surface area (Å²) in [5, 5.41) is 1.65. The zero-order chi connectivity index (χ0) is 16.5. The van der Waals surface area contributed by atoms with Gasteiger partial charge in [-0.2, -0.15) is 0 Å². The second kappa shape index (κ2) is 9.88. The van der Waals surface area contributed by atoms with E-state index in [4.69, 9.17) is 17.3 Å². The maximum atomic E-state index is 5.99. The Bertz CT molecular complexity index is 386. The molecule has 0 aromatic heterocycles. The first kappa shape index (κ1) is 21.4. The molecule has 4 nitrogen and oxygen atoms in total. The fourth-order valence-electron chi connectivity index (χ4n) is 1.45. The summed E-state index contributed by atoms with van der Waals surface area (Å²) in [6, 6.07) is 3.62. The molecule has 1 aromatic carbocycles. The molecular formula is C15H31BrN4. The minimum absolute atomic E-state index is 0.106. The Hall–Kier alpha value is -0.940. The van der Waals surface area contributed by atoms with Crippen LogP contribution in [0.3, 0.4) is 0 Å². The van der Waals surface area contributed by atoms with Crippen LogP contribution in [0.15, 0.2) is 16.6 Å². The van der Waals surface area contributed by atoms with Gasteiger partial charge in [0, 0.05) is 12.2 Å². The van der Waals surface area contributed by atoms with Crippen LogP contribution in [0.5, 0.6) is 0 Å². The first-order chi connectivity index (χ1) is 9.22. The normalized spacial score (nSPS) is 9.85. The second-order valence-corrected chi connectivity index (χ2v) is 5.88. The number of benzene rings is 1. The first-order valence-corrected chi connectivity index (χ1v) is 7.87. The van der Waals surface area contributed by atoms with Gasteiger partial charge in [0.2, 0.25) is 0 Å². The van der Waals surface area contributed by atoms with Crippen molar-refractivity contribution in [2.45, 2.75) is 48.5 Å². The Morgan fingerprint density at radius 2 is 1.50 bits per heavy atom. The molecule has 0 unspecified atom stereocenters. The monoisotopic (exact) mass is 346 g/mol. The number of hydrazine groups is 1. The Morgan fingerprint density at radius 3 is 1.90 bits per heavy atom. The summed E-state index contributed by atoms with van der Waals surface area (Å²) < 4.78 is 0.703. The molecule has 20 heavy (non-hydrogen) atoms. The largest absolute Gasteiger partial charge is 0.398 e. The highest BCUT2D eigenvalue weighted by Gasteiger charge is 2.17. The Morgan fingerprint density at radius 1 is 1.05 bits per heavy atom. The lowest BCUT2D eigenvalue weighted by atomic mass is 9.96. The lowest BCUT2D eigenvalue weighted by Crippen LogP contribution is -2.38. The summed E-state index contributed by atoms with van der Waals surface area (Å²) in [7, 11) is 0. The van der Waals surface area contributed by atoms with Crippen molar-refractivity contribution in [2.24, 2.45) is 11.3 Å². The highest BCUT2D eigenvalue weighted by atomic mass is 79.9. The number of nitrogen functional groups attached to an aromatic ring is 2. The van der Waals surface area contributed by atoms with Crippen molar-refractivity contribution in [3.63, 3.8) is 0 Å². The van der Waals surface area contributed by atoms with E-state index in [1.165, 1.54) is 0 Å². The molecule has 0 heterocycles. The molecule has 1 rings (SSSR count). The maximum Gasteiger partial charge on any atom is 0.0759 e. The quantitative estimate of drug-likeness (QED) is 0.421. The third kappa shape index (κ3) is 7.01. The van der Waals surface area contributed by atoms with Crippen LogP contribution in [0.25, 0.3) is 0 Å². The Balaban J connectivity index is 0.